The zero-order valence-corrected chi connectivity index (χ0v) is 24.6. The van der Waals surface area contributed by atoms with Gasteiger partial charge in [-0.15, -0.1) is 0 Å². The van der Waals surface area contributed by atoms with E-state index in [1.54, 1.807) is 25.1 Å². The molecule has 0 spiro atoms. The zero-order chi connectivity index (χ0) is 30.7. The van der Waals surface area contributed by atoms with Gasteiger partial charge in [0.15, 0.2) is 23.1 Å². The Morgan fingerprint density at radius 1 is 0.909 bits per heavy atom. The summed E-state index contributed by atoms with van der Waals surface area (Å²) in [5.41, 5.74) is 2.01. The number of hydrogen-bond acceptors (Lipinski definition) is 6. The number of benzene rings is 3. The van der Waals surface area contributed by atoms with E-state index >= 15 is 0 Å². The van der Waals surface area contributed by atoms with Crippen LogP contribution in [-0.4, -0.2) is 47.0 Å². The number of methoxy groups -OCH3 is 1. The van der Waals surface area contributed by atoms with E-state index in [-0.39, 0.29) is 41.3 Å². The van der Waals surface area contributed by atoms with Crippen molar-refractivity contribution in [2.75, 3.05) is 13.7 Å². The van der Waals surface area contributed by atoms with Crippen LogP contribution in [0.1, 0.15) is 42.4 Å². The third-order valence-electron chi connectivity index (χ3n) is 10.3. The van der Waals surface area contributed by atoms with Gasteiger partial charge in [-0.1, -0.05) is 78.4 Å². The molecule has 0 radical (unpaired) electrons. The van der Waals surface area contributed by atoms with Crippen LogP contribution in [0.3, 0.4) is 0 Å². The van der Waals surface area contributed by atoms with Gasteiger partial charge in [0.1, 0.15) is 0 Å². The van der Waals surface area contributed by atoms with Crippen LogP contribution in [0.15, 0.2) is 96.6 Å². The molecule has 0 aromatic heterocycles. The molecule has 1 N–H and O–H groups in total. The molecule has 0 bridgehead atoms. The van der Waals surface area contributed by atoms with Crippen molar-refractivity contribution in [2.45, 2.75) is 31.1 Å². The van der Waals surface area contributed by atoms with Crippen LogP contribution in [-0.2, 0) is 24.6 Å². The third-order valence-corrected chi connectivity index (χ3v) is 10.3. The maximum absolute atomic E-state index is 14.9. The first-order valence-electron chi connectivity index (χ1n) is 15.2. The van der Waals surface area contributed by atoms with E-state index in [0.717, 1.165) is 5.57 Å². The molecule has 0 unspecified atom stereocenters. The second-order valence-corrected chi connectivity index (χ2v) is 12.1. The van der Waals surface area contributed by atoms with Crippen LogP contribution in [0.25, 0.3) is 5.57 Å². The summed E-state index contributed by atoms with van der Waals surface area (Å²) in [6.07, 6.45) is 4.18. The minimum atomic E-state index is -1.32. The molecule has 4 aliphatic rings. The number of ketones is 2. The Labute approximate surface area is 255 Å². The number of rotatable bonds is 5. The first kappa shape index (κ1) is 28.0. The molecule has 1 heterocycles. The van der Waals surface area contributed by atoms with Crippen LogP contribution < -0.4 is 4.74 Å². The molecule has 3 aliphatic carbocycles. The average Bonchev–Trinajstić information content (AvgIpc) is 3.31. The summed E-state index contributed by atoms with van der Waals surface area (Å²) < 4.78 is 5.50. The summed E-state index contributed by atoms with van der Waals surface area (Å²) in [5.74, 6) is -3.47. The fourth-order valence-corrected chi connectivity index (χ4v) is 8.50. The Morgan fingerprint density at radius 2 is 1.61 bits per heavy atom. The molecular formula is C37H33NO6. The number of carbonyl (C=O) groups excluding carboxylic acids is 4. The lowest BCUT2D eigenvalue weighted by Gasteiger charge is -2.55. The van der Waals surface area contributed by atoms with Gasteiger partial charge in [-0.2, -0.15) is 0 Å². The number of phenolic OH excluding ortho intramolecular Hbond substituents is 1. The van der Waals surface area contributed by atoms with Gasteiger partial charge < -0.3 is 9.84 Å². The number of allylic oxidation sites excluding steroid dienone is 4. The van der Waals surface area contributed by atoms with Crippen molar-refractivity contribution < 1.29 is 29.0 Å². The number of carbonyl (C=O) groups is 4. The number of fused-ring (bicyclic) bond motifs is 4. The molecule has 222 valence electrons. The maximum atomic E-state index is 14.9. The average molecular weight is 588 g/mol. The Morgan fingerprint density at radius 3 is 2.30 bits per heavy atom. The van der Waals surface area contributed by atoms with Gasteiger partial charge in [0.25, 0.3) is 0 Å². The number of likely N-dealkylation sites (tertiary alicyclic amines) is 1. The smallest absolute Gasteiger partial charge is 0.233 e. The molecule has 1 saturated heterocycles. The maximum Gasteiger partial charge on any atom is 0.233 e. The van der Waals surface area contributed by atoms with Gasteiger partial charge in [0, 0.05) is 24.0 Å². The van der Waals surface area contributed by atoms with E-state index in [1.165, 1.54) is 18.1 Å². The van der Waals surface area contributed by atoms with Gasteiger partial charge in [-0.05, 0) is 60.6 Å². The topological polar surface area (TPSA) is 101 Å². The van der Waals surface area contributed by atoms with E-state index in [9.17, 15) is 24.3 Å². The molecular weight excluding hydrogens is 554 g/mol. The number of aromatic hydroxyl groups is 1. The molecule has 7 nitrogen and oxygen atoms in total. The number of hydrogen-bond donors (Lipinski definition) is 1. The number of nitrogens with zero attached hydrogens (tertiary/aromatic N) is 1. The van der Waals surface area contributed by atoms with Gasteiger partial charge in [-0.25, -0.2) is 0 Å². The Bertz CT molecular complexity index is 1760. The van der Waals surface area contributed by atoms with Gasteiger partial charge >= 0.3 is 0 Å². The lowest BCUT2D eigenvalue weighted by molar-refractivity contribution is -0.140. The molecule has 2 fully saturated rings. The quantitative estimate of drug-likeness (QED) is 0.324. The van der Waals surface area contributed by atoms with Crippen LogP contribution >= 0.6 is 0 Å². The number of Topliss-reactive ketones (excluding diaryl/α,β-unsaturated/α-hetero) is 1. The standard InChI is InChI=1S/C37H33NO6/c1-3-38-35(42)25-16-15-24-27(32(25)36(38)43)19-28-34(41)26(21-10-6-4-7-11-21)20-31(40)37(28,23-12-8-5-9-13-23)33(24)22-14-17-29(39)30(18-22)44-2/h4-15,17-18,20,25,27-28,32-33,39H,3,16,19H2,1-2H3/t25-,27+,28-,32-,33-,37-/m0/s1. The summed E-state index contributed by atoms with van der Waals surface area (Å²) in [5, 5.41) is 10.5. The Balaban J connectivity index is 1.52. The predicted octanol–water partition coefficient (Wildman–Crippen LogP) is 5.25. The van der Waals surface area contributed by atoms with E-state index in [0.29, 0.717) is 35.2 Å². The van der Waals surface area contributed by atoms with E-state index in [2.05, 4.69) is 0 Å². The number of phenols is 1. The largest absolute Gasteiger partial charge is 0.504 e. The second-order valence-electron chi connectivity index (χ2n) is 12.1. The van der Waals surface area contributed by atoms with E-state index < -0.39 is 35.0 Å². The summed E-state index contributed by atoms with van der Waals surface area (Å²) in [4.78, 5) is 58.3. The molecule has 44 heavy (non-hydrogen) atoms. The fraction of sp³-hybridized carbons (Fsp3) is 0.297. The van der Waals surface area contributed by atoms with E-state index in [1.807, 2.05) is 66.7 Å². The highest BCUT2D eigenvalue weighted by Gasteiger charge is 2.65. The molecule has 1 saturated carbocycles. The van der Waals surface area contributed by atoms with Gasteiger partial charge in [-0.3, -0.25) is 24.1 Å². The second kappa shape index (κ2) is 10.4. The number of imide groups is 1. The van der Waals surface area contributed by atoms with Gasteiger partial charge in [0.2, 0.25) is 11.8 Å². The highest BCUT2D eigenvalue weighted by atomic mass is 16.5. The van der Waals surface area contributed by atoms with Gasteiger partial charge in [0.05, 0.1) is 24.4 Å². The molecule has 3 aromatic rings. The van der Waals surface area contributed by atoms with Crippen LogP contribution in [0, 0.1) is 23.7 Å². The Kier molecular flexibility index (Phi) is 6.65. The summed E-state index contributed by atoms with van der Waals surface area (Å²) in [6.45, 7) is 2.09. The van der Waals surface area contributed by atoms with Crippen LogP contribution in [0.2, 0.25) is 0 Å². The molecule has 3 aromatic carbocycles. The first-order chi connectivity index (χ1) is 21.3. The first-order valence-corrected chi connectivity index (χ1v) is 15.2. The fourth-order valence-electron chi connectivity index (χ4n) is 8.50. The van der Waals surface area contributed by atoms with Crippen molar-refractivity contribution in [1.82, 2.24) is 4.90 Å². The van der Waals surface area contributed by atoms with Crippen molar-refractivity contribution in [3.63, 3.8) is 0 Å². The third kappa shape index (κ3) is 3.81. The lowest BCUT2D eigenvalue weighted by Crippen LogP contribution is -2.58. The molecule has 6 atom stereocenters. The Hall–Kier alpha value is -4.78. The van der Waals surface area contributed by atoms with Crippen molar-refractivity contribution in [2.24, 2.45) is 23.7 Å². The summed E-state index contributed by atoms with van der Waals surface area (Å²) in [6, 6.07) is 23.7. The van der Waals surface area contributed by atoms with E-state index in [4.69, 9.17) is 4.74 Å². The minimum Gasteiger partial charge on any atom is -0.504 e. The number of amides is 2. The molecule has 7 heteroatoms. The molecule has 2 amide bonds. The summed E-state index contributed by atoms with van der Waals surface area (Å²) >= 11 is 0. The monoisotopic (exact) mass is 587 g/mol. The van der Waals surface area contributed by atoms with Crippen molar-refractivity contribution in [1.29, 1.82) is 0 Å². The highest BCUT2D eigenvalue weighted by molar-refractivity contribution is 6.31. The molecule has 1 aliphatic heterocycles. The molecule has 7 rings (SSSR count). The van der Waals surface area contributed by atoms with Crippen molar-refractivity contribution in [3.05, 3.63) is 113 Å². The summed E-state index contributed by atoms with van der Waals surface area (Å²) in [7, 11) is 1.47. The number of ether oxygens (including phenoxy) is 1. The van der Waals surface area contributed by atoms with Crippen molar-refractivity contribution >= 4 is 29.0 Å². The van der Waals surface area contributed by atoms with Crippen molar-refractivity contribution in [3.8, 4) is 11.5 Å². The highest BCUT2D eigenvalue weighted by Crippen LogP contribution is 2.63. The van der Waals surface area contributed by atoms with Crippen LogP contribution in [0.4, 0.5) is 0 Å². The SMILES string of the molecule is CCN1C(=O)[C@H]2[C@H](CC=C3[C@H]2C[C@H]2C(=O)C(c4ccccc4)=CC(=O)[C@@]2(c2ccccc2)[C@H]3c2ccc(O)c(OC)c2)C1=O. The predicted molar refractivity (Wildman–Crippen MR) is 164 cm³/mol. The zero-order valence-electron chi connectivity index (χ0n) is 24.6. The normalized spacial score (nSPS) is 29.4. The minimum absolute atomic E-state index is 0.0425. The lowest BCUT2D eigenvalue weighted by atomic mass is 9.44. The van der Waals surface area contributed by atoms with Crippen LogP contribution in [0.5, 0.6) is 11.5 Å².